The van der Waals surface area contributed by atoms with Crippen molar-refractivity contribution >= 4 is 29.0 Å². The number of aromatic nitrogens is 2. The minimum Gasteiger partial charge on any atom is -0.368 e. The highest BCUT2D eigenvalue weighted by Crippen LogP contribution is 2.38. The molecule has 2 atom stereocenters. The molecule has 7 heteroatoms. The van der Waals surface area contributed by atoms with Gasteiger partial charge < -0.3 is 11.1 Å². The van der Waals surface area contributed by atoms with E-state index in [1.807, 2.05) is 0 Å². The smallest absolute Gasteiger partial charge is 0.237 e. The van der Waals surface area contributed by atoms with Crippen LogP contribution in [0.5, 0.6) is 0 Å². The Morgan fingerprint density at radius 2 is 2.58 bits per heavy atom. The van der Waals surface area contributed by atoms with Crippen LogP contribution in [0.3, 0.4) is 0 Å². The molecule has 1 fully saturated rings. The number of hydrogen-bond acceptors (Lipinski definition) is 6. The monoisotopic (exact) mass is 300 g/mol. The van der Waals surface area contributed by atoms with Gasteiger partial charge in [0.25, 0.3) is 0 Å². The highest BCUT2D eigenvalue weighted by Gasteiger charge is 2.41. The van der Waals surface area contributed by atoms with Crippen molar-refractivity contribution in [1.82, 2.24) is 15.5 Å². The number of amides is 1. The van der Waals surface area contributed by atoms with E-state index in [9.17, 15) is 4.79 Å². The van der Waals surface area contributed by atoms with Gasteiger partial charge in [0.15, 0.2) is 4.34 Å². The van der Waals surface area contributed by atoms with E-state index >= 15 is 0 Å². The maximum absolute atomic E-state index is 11.9. The molecule has 0 spiro atoms. The van der Waals surface area contributed by atoms with Crippen molar-refractivity contribution in [3.8, 4) is 0 Å². The molecule has 1 saturated carbocycles. The number of nitrogens with one attached hydrogen (secondary N) is 1. The second kappa shape index (κ2) is 6.67. The number of primary amides is 1. The van der Waals surface area contributed by atoms with Gasteiger partial charge in [0.2, 0.25) is 5.91 Å². The minimum atomic E-state index is -0.531. The van der Waals surface area contributed by atoms with Gasteiger partial charge in [-0.2, -0.15) is 0 Å². The molecule has 19 heavy (non-hydrogen) atoms. The lowest BCUT2D eigenvalue weighted by molar-refractivity contribution is -0.125. The summed E-state index contributed by atoms with van der Waals surface area (Å²) in [4.78, 5) is 11.9. The zero-order chi connectivity index (χ0) is 13.7. The fourth-order valence-corrected chi connectivity index (χ4v) is 4.59. The second-order valence-electron chi connectivity index (χ2n) is 4.91. The zero-order valence-electron chi connectivity index (χ0n) is 11.1. The van der Waals surface area contributed by atoms with E-state index in [0.717, 1.165) is 43.0 Å². The molecule has 0 aromatic carbocycles. The third-order valence-electron chi connectivity index (χ3n) is 3.50. The zero-order valence-corrected chi connectivity index (χ0v) is 12.7. The molecule has 106 valence electrons. The molecule has 0 saturated heterocycles. The lowest BCUT2D eigenvalue weighted by Crippen LogP contribution is -2.58. The fourth-order valence-electron chi connectivity index (χ4n) is 2.52. The third-order valence-corrected chi connectivity index (χ3v) is 5.58. The summed E-state index contributed by atoms with van der Waals surface area (Å²) >= 11 is 3.27. The van der Waals surface area contributed by atoms with Crippen molar-refractivity contribution in [2.45, 2.75) is 54.2 Å². The summed E-state index contributed by atoms with van der Waals surface area (Å²) < 4.78 is 0.973. The van der Waals surface area contributed by atoms with E-state index in [4.69, 9.17) is 5.73 Å². The molecule has 1 aliphatic carbocycles. The van der Waals surface area contributed by atoms with Gasteiger partial charge in [0.05, 0.1) is 5.54 Å². The van der Waals surface area contributed by atoms with Crippen LogP contribution in [-0.4, -0.2) is 33.4 Å². The topological polar surface area (TPSA) is 80.9 Å². The van der Waals surface area contributed by atoms with Crippen LogP contribution in [-0.2, 0) is 4.79 Å². The van der Waals surface area contributed by atoms with Crippen LogP contribution < -0.4 is 11.1 Å². The number of thioether (sulfide) groups is 1. The highest BCUT2D eigenvalue weighted by atomic mass is 32.2. The Labute approximate surface area is 121 Å². The number of carbonyl (C=O) groups is 1. The van der Waals surface area contributed by atoms with Crippen LogP contribution in [0.15, 0.2) is 9.85 Å². The Bertz CT molecular complexity index is 412. The first-order chi connectivity index (χ1) is 9.16. The summed E-state index contributed by atoms with van der Waals surface area (Å²) in [5.41, 5.74) is 6.85. The molecular weight excluding hydrogens is 280 g/mol. The SMILES string of the molecule is CCCNC1(C(N)=O)CCCC(Sc2nncs2)C1. The van der Waals surface area contributed by atoms with Crippen molar-refractivity contribution in [3.63, 3.8) is 0 Å². The van der Waals surface area contributed by atoms with Crippen molar-refractivity contribution in [2.75, 3.05) is 6.54 Å². The number of nitrogens with two attached hydrogens (primary N) is 1. The van der Waals surface area contributed by atoms with Gasteiger partial charge in [-0.15, -0.1) is 10.2 Å². The van der Waals surface area contributed by atoms with Crippen molar-refractivity contribution in [2.24, 2.45) is 5.73 Å². The maximum Gasteiger partial charge on any atom is 0.237 e. The van der Waals surface area contributed by atoms with Gasteiger partial charge in [-0.25, -0.2) is 0 Å². The molecule has 5 nitrogen and oxygen atoms in total. The second-order valence-corrected chi connectivity index (χ2v) is 7.29. The fraction of sp³-hybridized carbons (Fsp3) is 0.750. The molecule has 1 aromatic heterocycles. The van der Waals surface area contributed by atoms with Gasteiger partial charge in [-0.1, -0.05) is 30.0 Å². The molecular formula is C12H20N4OS2. The van der Waals surface area contributed by atoms with Gasteiger partial charge in [0.1, 0.15) is 5.51 Å². The quantitative estimate of drug-likeness (QED) is 0.837. The van der Waals surface area contributed by atoms with E-state index in [1.54, 1.807) is 28.6 Å². The van der Waals surface area contributed by atoms with Gasteiger partial charge >= 0.3 is 0 Å². The summed E-state index contributed by atoms with van der Waals surface area (Å²) in [5, 5.41) is 11.7. The molecule has 2 rings (SSSR count). The van der Waals surface area contributed by atoms with Gasteiger partial charge in [-0.3, -0.25) is 4.79 Å². The minimum absolute atomic E-state index is 0.219. The Morgan fingerprint density at radius 1 is 1.74 bits per heavy atom. The predicted molar refractivity (Wildman–Crippen MR) is 78.2 cm³/mol. The molecule has 3 N–H and O–H groups in total. The van der Waals surface area contributed by atoms with Crippen LogP contribution in [0.4, 0.5) is 0 Å². The van der Waals surface area contributed by atoms with E-state index in [1.165, 1.54) is 0 Å². The molecule has 1 aromatic rings. The number of carbonyl (C=O) groups excluding carboxylic acids is 1. The van der Waals surface area contributed by atoms with Crippen LogP contribution in [0, 0.1) is 0 Å². The number of hydrogen-bond donors (Lipinski definition) is 2. The first kappa shape index (κ1) is 14.7. The summed E-state index contributed by atoms with van der Waals surface area (Å²) in [6, 6.07) is 0. The van der Waals surface area contributed by atoms with Crippen LogP contribution in [0.1, 0.15) is 39.0 Å². The molecule has 0 bridgehead atoms. The van der Waals surface area contributed by atoms with E-state index in [0.29, 0.717) is 5.25 Å². The Kier molecular flexibility index (Phi) is 5.18. The Balaban J connectivity index is 2.02. The lowest BCUT2D eigenvalue weighted by Gasteiger charge is -2.38. The van der Waals surface area contributed by atoms with E-state index in [-0.39, 0.29) is 5.91 Å². The van der Waals surface area contributed by atoms with Crippen molar-refractivity contribution < 1.29 is 4.79 Å². The number of rotatable bonds is 6. The maximum atomic E-state index is 11.9. The normalized spacial score (nSPS) is 27.3. The lowest BCUT2D eigenvalue weighted by atomic mass is 9.80. The Hall–Kier alpha value is -0.660. The number of nitrogens with zero attached hydrogens (tertiary/aromatic N) is 2. The Morgan fingerprint density at radius 3 is 3.21 bits per heavy atom. The first-order valence-corrected chi connectivity index (χ1v) is 8.40. The molecule has 1 aliphatic rings. The molecule has 2 unspecified atom stereocenters. The van der Waals surface area contributed by atoms with E-state index < -0.39 is 5.54 Å². The summed E-state index contributed by atoms with van der Waals surface area (Å²) in [7, 11) is 0. The summed E-state index contributed by atoms with van der Waals surface area (Å²) in [5.74, 6) is -0.219. The van der Waals surface area contributed by atoms with Crippen molar-refractivity contribution in [1.29, 1.82) is 0 Å². The van der Waals surface area contributed by atoms with Crippen molar-refractivity contribution in [3.05, 3.63) is 5.51 Å². The van der Waals surface area contributed by atoms with Crippen LogP contribution in [0.2, 0.25) is 0 Å². The van der Waals surface area contributed by atoms with Gasteiger partial charge in [-0.05, 0) is 38.6 Å². The van der Waals surface area contributed by atoms with Gasteiger partial charge in [0, 0.05) is 5.25 Å². The molecule has 1 heterocycles. The predicted octanol–water partition coefficient (Wildman–Crippen LogP) is 1.80. The largest absolute Gasteiger partial charge is 0.368 e. The summed E-state index contributed by atoms with van der Waals surface area (Å²) in [6.45, 7) is 2.93. The third kappa shape index (κ3) is 3.67. The molecule has 0 aliphatic heterocycles. The van der Waals surface area contributed by atoms with Crippen LogP contribution >= 0.6 is 23.1 Å². The average Bonchev–Trinajstić information content (AvgIpc) is 2.89. The summed E-state index contributed by atoms with van der Waals surface area (Å²) in [6.07, 6.45) is 4.76. The first-order valence-electron chi connectivity index (χ1n) is 6.64. The van der Waals surface area contributed by atoms with E-state index in [2.05, 4.69) is 22.4 Å². The standard InChI is InChI=1S/C12H20N4OS2/c1-2-6-14-12(10(13)17)5-3-4-9(7-12)19-11-16-15-8-18-11/h8-9,14H,2-7H2,1H3,(H2,13,17). The highest BCUT2D eigenvalue weighted by molar-refractivity contribution is 8.01. The molecule has 1 amide bonds. The molecule has 0 radical (unpaired) electrons. The average molecular weight is 300 g/mol. The van der Waals surface area contributed by atoms with Crippen LogP contribution in [0.25, 0.3) is 0 Å².